The number of urea groups is 1. The number of aromatic hydroxyl groups is 1. The fraction of sp³-hybridized carbons (Fsp3) is 0.409. The monoisotopic (exact) mass is 496 g/mol. The summed E-state index contributed by atoms with van der Waals surface area (Å²) in [7, 11) is -2.10. The minimum atomic E-state index is -4.16. The number of nitrogens with zero attached hydrogens (tertiary/aromatic N) is 1. The second-order valence-electron chi connectivity index (χ2n) is 8.60. The topological polar surface area (TPSA) is 111 Å². The molecule has 0 spiro atoms. The van der Waals surface area contributed by atoms with E-state index in [1.807, 2.05) is 0 Å². The normalized spacial score (nSPS) is 22.8. The molecule has 0 radical (unpaired) electrons. The number of fused-ring (bicyclic) bond motifs is 2. The number of hydrogen-bond donors (Lipinski definition) is 4. The third-order valence-corrected chi connectivity index (χ3v) is 8.56. The molecule has 2 heterocycles. The van der Waals surface area contributed by atoms with E-state index in [0.717, 1.165) is 12.8 Å². The van der Waals surface area contributed by atoms with E-state index in [1.165, 1.54) is 37.3 Å². The van der Waals surface area contributed by atoms with Crippen LogP contribution in [0.4, 0.5) is 20.6 Å². The van der Waals surface area contributed by atoms with Gasteiger partial charge in [0, 0.05) is 29.4 Å². The van der Waals surface area contributed by atoms with Crippen molar-refractivity contribution >= 4 is 39.0 Å². The quantitative estimate of drug-likeness (QED) is 0.467. The van der Waals surface area contributed by atoms with E-state index in [0.29, 0.717) is 24.9 Å². The van der Waals surface area contributed by atoms with E-state index in [4.69, 9.17) is 11.6 Å². The number of carbonyl (C=O) groups excluding carboxylic acids is 1. The summed E-state index contributed by atoms with van der Waals surface area (Å²) in [6.45, 7) is 1.51. The van der Waals surface area contributed by atoms with Crippen LogP contribution < -0.4 is 15.4 Å². The fourth-order valence-corrected chi connectivity index (χ4v) is 6.60. The Morgan fingerprint density at radius 3 is 2.42 bits per heavy atom. The number of halogens is 2. The van der Waals surface area contributed by atoms with Gasteiger partial charge in [0.15, 0.2) is 5.75 Å². The number of phenols is 1. The molecule has 8 nitrogen and oxygen atoms in total. The van der Waals surface area contributed by atoms with Crippen molar-refractivity contribution in [2.24, 2.45) is 0 Å². The Morgan fingerprint density at radius 1 is 1.12 bits per heavy atom. The van der Waals surface area contributed by atoms with Crippen LogP contribution in [0.5, 0.6) is 5.75 Å². The minimum absolute atomic E-state index is 0.144. The van der Waals surface area contributed by atoms with Gasteiger partial charge in [-0.3, -0.25) is 0 Å². The number of piperidine rings is 1. The summed E-state index contributed by atoms with van der Waals surface area (Å²) >= 11 is 6.14. The Kier molecular flexibility index (Phi) is 6.54. The maximum atomic E-state index is 13.7. The summed E-state index contributed by atoms with van der Waals surface area (Å²) in [6, 6.07) is 6.43. The highest BCUT2D eigenvalue weighted by atomic mass is 35.5. The summed E-state index contributed by atoms with van der Waals surface area (Å²) in [5, 5.41) is 15.4. The first-order valence-electron chi connectivity index (χ1n) is 10.7. The average Bonchev–Trinajstić information content (AvgIpc) is 2.94. The van der Waals surface area contributed by atoms with Crippen LogP contribution in [0.1, 0.15) is 31.2 Å². The van der Waals surface area contributed by atoms with Gasteiger partial charge in [-0.15, -0.1) is 0 Å². The van der Waals surface area contributed by atoms with Crippen LogP contribution in [0, 0.1) is 12.7 Å². The number of hydrogen-bond acceptors (Lipinski definition) is 5. The lowest BCUT2D eigenvalue weighted by molar-refractivity contribution is 0.157. The lowest BCUT2D eigenvalue weighted by atomic mass is 9.99. The van der Waals surface area contributed by atoms with E-state index in [9.17, 15) is 22.7 Å². The molecule has 11 heteroatoms. The lowest BCUT2D eigenvalue weighted by Gasteiger charge is -2.36. The standard InChI is InChI=1S/C22H26ClFN4O4S/c1-12-17(24)4-3-5-18(12)25-22(30)26-19-9-8-16(23)21(20(19)29)33(31,32)27-13-10-14-6-7-15(11-13)28(14)2/h3-5,8-9,13-15,27,29H,6-7,10-11H2,1-2H3,(H2,25,26,30)/t13-,14-,15+. The van der Waals surface area contributed by atoms with E-state index < -0.39 is 32.5 Å². The zero-order valence-corrected chi connectivity index (χ0v) is 19.8. The van der Waals surface area contributed by atoms with Gasteiger partial charge in [-0.1, -0.05) is 17.7 Å². The Morgan fingerprint density at radius 2 is 1.76 bits per heavy atom. The Hall–Kier alpha value is -2.40. The minimum Gasteiger partial charge on any atom is -0.504 e. The lowest BCUT2D eigenvalue weighted by Crippen LogP contribution is -2.48. The smallest absolute Gasteiger partial charge is 0.323 e. The molecule has 2 aromatic rings. The number of sulfonamides is 1. The highest BCUT2D eigenvalue weighted by Gasteiger charge is 2.40. The van der Waals surface area contributed by atoms with Crippen LogP contribution in [-0.4, -0.2) is 49.6 Å². The molecule has 0 aromatic heterocycles. The third-order valence-electron chi connectivity index (χ3n) is 6.54. The molecule has 178 valence electrons. The van der Waals surface area contributed by atoms with Crippen LogP contribution in [-0.2, 0) is 10.0 Å². The fourth-order valence-electron chi connectivity index (χ4n) is 4.71. The van der Waals surface area contributed by atoms with E-state index in [-0.39, 0.29) is 28.0 Å². The van der Waals surface area contributed by atoms with Crippen molar-refractivity contribution in [3.05, 3.63) is 46.7 Å². The molecule has 2 aliphatic rings. The van der Waals surface area contributed by atoms with Crippen molar-refractivity contribution in [2.45, 2.75) is 55.6 Å². The van der Waals surface area contributed by atoms with Gasteiger partial charge in [0.25, 0.3) is 0 Å². The predicted octanol–water partition coefficient (Wildman–Crippen LogP) is 4.04. The zero-order chi connectivity index (χ0) is 23.9. The van der Waals surface area contributed by atoms with Gasteiger partial charge in [0.2, 0.25) is 10.0 Å². The number of carbonyl (C=O) groups is 1. The highest BCUT2D eigenvalue weighted by molar-refractivity contribution is 7.89. The number of rotatable bonds is 5. The molecule has 0 saturated carbocycles. The van der Waals surface area contributed by atoms with Crippen molar-refractivity contribution in [1.29, 1.82) is 0 Å². The largest absolute Gasteiger partial charge is 0.504 e. The van der Waals surface area contributed by atoms with Crippen LogP contribution in [0.2, 0.25) is 5.02 Å². The first kappa shape index (κ1) is 23.7. The summed E-state index contributed by atoms with van der Waals surface area (Å²) < 4.78 is 42.7. The van der Waals surface area contributed by atoms with Crippen molar-refractivity contribution < 1.29 is 22.7 Å². The van der Waals surface area contributed by atoms with Crippen molar-refractivity contribution in [2.75, 3.05) is 17.7 Å². The van der Waals surface area contributed by atoms with Gasteiger partial charge < -0.3 is 20.6 Å². The molecule has 2 aliphatic heterocycles. The highest BCUT2D eigenvalue weighted by Crippen LogP contribution is 2.39. The Balaban J connectivity index is 1.52. The maximum absolute atomic E-state index is 13.7. The molecule has 2 amide bonds. The molecular formula is C22H26ClFN4O4S. The number of benzene rings is 2. The van der Waals surface area contributed by atoms with Crippen LogP contribution in [0.3, 0.4) is 0 Å². The third kappa shape index (κ3) is 4.79. The second-order valence-corrected chi connectivity index (χ2v) is 10.7. The van der Waals surface area contributed by atoms with Crippen molar-refractivity contribution in [3.8, 4) is 5.75 Å². The molecule has 2 saturated heterocycles. The van der Waals surface area contributed by atoms with Crippen molar-refractivity contribution in [1.82, 2.24) is 9.62 Å². The van der Waals surface area contributed by atoms with Gasteiger partial charge in [0.1, 0.15) is 10.7 Å². The van der Waals surface area contributed by atoms with Gasteiger partial charge in [-0.25, -0.2) is 22.3 Å². The van der Waals surface area contributed by atoms with Crippen LogP contribution in [0.15, 0.2) is 35.2 Å². The molecule has 2 aromatic carbocycles. The Bertz CT molecular complexity index is 1180. The van der Waals surface area contributed by atoms with E-state index >= 15 is 0 Å². The molecule has 33 heavy (non-hydrogen) atoms. The first-order valence-corrected chi connectivity index (χ1v) is 12.5. The molecule has 4 N–H and O–H groups in total. The molecule has 0 unspecified atom stereocenters. The maximum Gasteiger partial charge on any atom is 0.323 e. The summed E-state index contributed by atoms with van der Waals surface area (Å²) in [5.74, 6) is -1.15. The number of amides is 2. The Labute approximate surface area is 197 Å². The van der Waals surface area contributed by atoms with Gasteiger partial charge in [-0.2, -0.15) is 0 Å². The average molecular weight is 497 g/mol. The molecule has 4 rings (SSSR count). The zero-order valence-electron chi connectivity index (χ0n) is 18.2. The van der Waals surface area contributed by atoms with Gasteiger partial charge in [0.05, 0.1) is 10.7 Å². The SMILES string of the molecule is Cc1c(F)cccc1NC(=O)Nc1ccc(Cl)c(S(=O)(=O)N[C@@H]2C[C@H]3CC[C@@H](C2)N3C)c1O. The molecule has 2 bridgehead atoms. The van der Waals surface area contributed by atoms with Gasteiger partial charge in [-0.05, 0) is 63.9 Å². The molecule has 3 atom stereocenters. The van der Waals surface area contributed by atoms with Crippen LogP contribution in [0.25, 0.3) is 0 Å². The summed E-state index contributed by atoms with van der Waals surface area (Å²) in [4.78, 5) is 14.2. The molecule has 2 fully saturated rings. The van der Waals surface area contributed by atoms with Crippen molar-refractivity contribution in [3.63, 3.8) is 0 Å². The predicted molar refractivity (Wildman–Crippen MR) is 125 cm³/mol. The van der Waals surface area contributed by atoms with E-state index in [2.05, 4.69) is 27.3 Å². The number of anilines is 2. The summed E-state index contributed by atoms with van der Waals surface area (Å²) in [5.41, 5.74) is 0.342. The first-order chi connectivity index (χ1) is 15.6. The number of phenolic OH excluding ortho intramolecular Hbond substituents is 1. The second kappa shape index (κ2) is 9.09. The van der Waals surface area contributed by atoms with E-state index in [1.54, 1.807) is 0 Å². The number of nitrogens with one attached hydrogen (secondary N) is 3. The summed E-state index contributed by atoms with van der Waals surface area (Å²) in [6.07, 6.45) is 3.42. The van der Waals surface area contributed by atoms with Crippen LogP contribution >= 0.6 is 11.6 Å². The molecular weight excluding hydrogens is 471 g/mol. The molecule has 0 aliphatic carbocycles. The van der Waals surface area contributed by atoms with Gasteiger partial charge >= 0.3 is 6.03 Å².